The number of aliphatic hydroxyl groups excluding tert-OH is 1. The van der Waals surface area contributed by atoms with Crippen molar-refractivity contribution in [2.75, 3.05) is 6.61 Å². The molecule has 0 aromatic carbocycles. The van der Waals surface area contributed by atoms with Gasteiger partial charge in [-0.25, -0.2) is 0 Å². The van der Waals surface area contributed by atoms with E-state index in [9.17, 15) is 5.11 Å². The monoisotopic (exact) mass is 238 g/mol. The summed E-state index contributed by atoms with van der Waals surface area (Å²) in [5.74, 6) is 3.14. The number of hydrogen-bond donors (Lipinski definition) is 1. The van der Waals surface area contributed by atoms with Crippen molar-refractivity contribution in [3.63, 3.8) is 0 Å². The fourth-order valence-corrected chi connectivity index (χ4v) is 4.21. The normalized spacial score (nSPS) is 35.1. The molecule has 2 rings (SSSR count). The van der Waals surface area contributed by atoms with Crippen LogP contribution in [-0.4, -0.2) is 11.7 Å². The molecule has 0 spiro atoms. The molecule has 0 aromatic rings. The van der Waals surface area contributed by atoms with Gasteiger partial charge in [-0.3, -0.25) is 0 Å². The highest BCUT2D eigenvalue weighted by Crippen LogP contribution is 2.61. The molecule has 0 aliphatic heterocycles. The SMILES string of the molecule is C=C(C)C.CC(CO)C1C2CCC(C2)C1(C)C. The molecular formula is C16H30O. The molecule has 2 aliphatic carbocycles. The maximum absolute atomic E-state index is 9.26. The predicted octanol–water partition coefficient (Wildman–Crippen LogP) is 4.27. The lowest BCUT2D eigenvalue weighted by Crippen LogP contribution is -2.36. The minimum Gasteiger partial charge on any atom is -0.396 e. The second-order valence-electron chi connectivity index (χ2n) is 6.98. The van der Waals surface area contributed by atoms with Crippen LogP contribution in [-0.2, 0) is 0 Å². The topological polar surface area (TPSA) is 20.2 Å². The Balaban J connectivity index is 0.000000317. The Hall–Kier alpha value is -0.300. The standard InChI is InChI=1S/C12H22O.C4H8/c1-8(7-13)11-9-4-5-10(6-9)12(11,2)3;1-4(2)3/h8-11,13H,4-7H2,1-3H3;1H2,2-3H3. The minimum atomic E-state index is 0.372. The van der Waals surface area contributed by atoms with Crippen LogP contribution in [0.1, 0.15) is 53.9 Å². The van der Waals surface area contributed by atoms with Gasteiger partial charge in [0, 0.05) is 6.61 Å². The maximum atomic E-state index is 9.26. The summed E-state index contributed by atoms with van der Waals surface area (Å²) in [6.07, 6.45) is 4.29. The highest BCUT2D eigenvalue weighted by atomic mass is 16.3. The third-order valence-electron chi connectivity index (χ3n) is 4.79. The Morgan fingerprint density at radius 1 is 1.35 bits per heavy atom. The largest absolute Gasteiger partial charge is 0.396 e. The minimum absolute atomic E-state index is 0.372. The summed E-state index contributed by atoms with van der Waals surface area (Å²) in [5, 5.41) is 9.26. The van der Waals surface area contributed by atoms with Gasteiger partial charge in [-0.15, -0.1) is 6.58 Å². The van der Waals surface area contributed by atoms with Gasteiger partial charge in [0.25, 0.3) is 0 Å². The fourth-order valence-electron chi connectivity index (χ4n) is 4.21. The average Bonchev–Trinajstić information content (AvgIpc) is 2.73. The Kier molecular flexibility index (Phi) is 4.83. The molecule has 2 fully saturated rings. The molecule has 100 valence electrons. The molecule has 0 saturated heterocycles. The second kappa shape index (κ2) is 5.56. The van der Waals surface area contributed by atoms with Crippen LogP contribution in [0.4, 0.5) is 0 Å². The number of aliphatic hydroxyl groups is 1. The number of rotatable bonds is 2. The van der Waals surface area contributed by atoms with E-state index in [4.69, 9.17) is 0 Å². The molecule has 1 N–H and O–H groups in total. The molecule has 4 atom stereocenters. The molecule has 0 radical (unpaired) electrons. The van der Waals surface area contributed by atoms with Crippen LogP contribution in [0.15, 0.2) is 12.2 Å². The highest BCUT2D eigenvalue weighted by Gasteiger charge is 2.53. The van der Waals surface area contributed by atoms with Gasteiger partial charge in [0.05, 0.1) is 0 Å². The van der Waals surface area contributed by atoms with E-state index in [1.54, 1.807) is 0 Å². The molecule has 0 heterocycles. The van der Waals surface area contributed by atoms with Crippen molar-refractivity contribution in [3.8, 4) is 0 Å². The van der Waals surface area contributed by atoms with Crippen LogP contribution < -0.4 is 0 Å². The quantitative estimate of drug-likeness (QED) is 0.712. The van der Waals surface area contributed by atoms with Crippen LogP contribution in [0.3, 0.4) is 0 Å². The van der Waals surface area contributed by atoms with Crippen molar-refractivity contribution in [1.29, 1.82) is 0 Å². The first-order chi connectivity index (χ1) is 7.80. The van der Waals surface area contributed by atoms with Crippen LogP contribution in [0.5, 0.6) is 0 Å². The Bertz CT molecular complexity index is 263. The smallest absolute Gasteiger partial charge is 0.0459 e. The van der Waals surface area contributed by atoms with E-state index in [2.05, 4.69) is 27.4 Å². The number of fused-ring (bicyclic) bond motifs is 2. The van der Waals surface area contributed by atoms with Crippen LogP contribution in [0, 0.1) is 29.1 Å². The summed E-state index contributed by atoms with van der Waals surface area (Å²) < 4.78 is 0. The van der Waals surface area contributed by atoms with Crippen LogP contribution in [0.2, 0.25) is 0 Å². The first kappa shape index (κ1) is 14.8. The van der Waals surface area contributed by atoms with Crippen molar-refractivity contribution in [2.24, 2.45) is 29.1 Å². The van der Waals surface area contributed by atoms with Crippen molar-refractivity contribution in [1.82, 2.24) is 0 Å². The molecular weight excluding hydrogens is 208 g/mol. The van der Waals surface area contributed by atoms with E-state index in [1.165, 1.54) is 24.8 Å². The highest BCUT2D eigenvalue weighted by molar-refractivity contribution is 5.02. The van der Waals surface area contributed by atoms with Gasteiger partial charge in [-0.1, -0.05) is 26.3 Å². The third kappa shape index (κ3) is 3.13. The summed E-state index contributed by atoms with van der Waals surface area (Å²) in [6.45, 7) is 14.9. The van der Waals surface area contributed by atoms with E-state index >= 15 is 0 Å². The molecule has 4 unspecified atom stereocenters. The van der Waals surface area contributed by atoms with E-state index in [0.717, 1.165) is 17.8 Å². The van der Waals surface area contributed by atoms with Crippen molar-refractivity contribution < 1.29 is 5.11 Å². The lowest BCUT2D eigenvalue weighted by Gasteiger charge is -2.41. The molecule has 2 aliphatic rings. The number of hydrogen-bond acceptors (Lipinski definition) is 1. The zero-order valence-electron chi connectivity index (χ0n) is 12.3. The molecule has 0 aromatic heterocycles. The van der Waals surface area contributed by atoms with Crippen molar-refractivity contribution >= 4 is 0 Å². The summed E-state index contributed by atoms with van der Waals surface area (Å²) in [4.78, 5) is 0. The summed E-state index contributed by atoms with van der Waals surface area (Å²) in [5.41, 5.74) is 1.66. The van der Waals surface area contributed by atoms with Gasteiger partial charge in [0.1, 0.15) is 0 Å². The van der Waals surface area contributed by atoms with E-state index in [-0.39, 0.29) is 0 Å². The van der Waals surface area contributed by atoms with Gasteiger partial charge in [0.2, 0.25) is 0 Å². The summed E-state index contributed by atoms with van der Waals surface area (Å²) in [6, 6.07) is 0. The lowest BCUT2D eigenvalue weighted by atomic mass is 9.64. The van der Waals surface area contributed by atoms with Gasteiger partial charge >= 0.3 is 0 Å². The molecule has 2 saturated carbocycles. The van der Waals surface area contributed by atoms with Gasteiger partial charge in [-0.05, 0) is 62.2 Å². The van der Waals surface area contributed by atoms with Gasteiger partial charge < -0.3 is 5.11 Å². The number of allylic oxidation sites excluding steroid dienone is 1. The Morgan fingerprint density at radius 3 is 2.24 bits per heavy atom. The third-order valence-corrected chi connectivity index (χ3v) is 4.79. The van der Waals surface area contributed by atoms with E-state index in [1.807, 2.05) is 13.8 Å². The first-order valence-corrected chi connectivity index (χ1v) is 7.03. The van der Waals surface area contributed by atoms with Crippen molar-refractivity contribution in [3.05, 3.63) is 12.2 Å². The van der Waals surface area contributed by atoms with E-state index in [0.29, 0.717) is 17.9 Å². The molecule has 0 amide bonds. The lowest BCUT2D eigenvalue weighted by molar-refractivity contribution is 0.0473. The zero-order valence-corrected chi connectivity index (χ0v) is 12.3. The van der Waals surface area contributed by atoms with Crippen LogP contribution >= 0.6 is 0 Å². The molecule has 1 heteroatoms. The fraction of sp³-hybridized carbons (Fsp3) is 0.875. The van der Waals surface area contributed by atoms with Gasteiger partial charge in [0.15, 0.2) is 0 Å². The molecule has 2 bridgehead atoms. The van der Waals surface area contributed by atoms with Gasteiger partial charge in [-0.2, -0.15) is 0 Å². The Morgan fingerprint density at radius 2 is 1.88 bits per heavy atom. The van der Waals surface area contributed by atoms with E-state index < -0.39 is 0 Å². The predicted molar refractivity (Wildman–Crippen MR) is 74.8 cm³/mol. The van der Waals surface area contributed by atoms with Crippen molar-refractivity contribution in [2.45, 2.75) is 53.9 Å². The Labute approximate surface area is 107 Å². The average molecular weight is 238 g/mol. The summed E-state index contributed by atoms with van der Waals surface area (Å²) in [7, 11) is 0. The maximum Gasteiger partial charge on any atom is 0.0459 e. The zero-order chi connectivity index (χ0) is 13.2. The summed E-state index contributed by atoms with van der Waals surface area (Å²) >= 11 is 0. The second-order valence-corrected chi connectivity index (χ2v) is 6.98. The van der Waals surface area contributed by atoms with Crippen LogP contribution in [0.25, 0.3) is 0 Å². The first-order valence-electron chi connectivity index (χ1n) is 7.03. The molecule has 1 nitrogen and oxygen atoms in total. The molecule has 17 heavy (non-hydrogen) atoms.